The largest absolute Gasteiger partial charge is 0.508 e. The Balaban J connectivity index is 2.17. The van der Waals surface area contributed by atoms with Gasteiger partial charge in [-0.15, -0.1) is 0 Å². The van der Waals surface area contributed by atoms with Crippen molar-refractivity contribution in [3.05, 3.63) is 23.8 Å². The summed E-state index contributed by atoms with van der Waals surface area (Å²) in [6.07, 6.45) is 1.13. The van der Waals surface area contributed by atoms with E-state index in [-0.39, 0.29) is 17.5 Å². The molecule has 2 atom stereocenters. The van der Waals surface area contributed by atoms with Gasteiger partial charge in [-0.3, -0.25) is 4.90 Å². The Labute approximate surface area is 102 Å². The molecule has 0 amide bonds. The van der Waals surface area contributed by atoms with Gasteiger partial charge in [0, 0.05) is 24.2 Å². The lowest BCUT2D eigenvalue weighted by Gasteiger charge is -2.30. The maximum atomic E-state index is 9.84. The second-order valence-corrected chi connectivity index (χ2v) is 4.73. The summed E-state index contributed by atoms with van der Waals surface area (Å²) in [6, 6.07) is 5.27. The smallest absolute Gasteiger partial charge is 0.120 e. The molecule has 0 aliphatic carbocycles. The molecule has 2 rings (SSSR count). The zero-order chi connectivity index (χ0) is 12.4. The average molecular weight is 236 g/mol. The van der Waals surface area contributed by atoms with Crippen LogP contribution in [0.15, 0.2) is 18.2 Å². The highest BCUT2D eigenvalue weighted by Gasteiger charge is 2.25. The third-order valence-electron chi connectivity index (χ3n) is 3.68. The Morgan fingerprint density at radius 3 is 2.82 bits per heavy atom. The summed E-state index contributed by atoms with van der Waals surface area (Å²) in [6.45, 7) is 4.08. The van der Waals surface area contributed by atoms with E-state index in [1.165, 1.54) is 6.07 Å². The number of nitrogens with zero attached hydrogens (tertiary/aromatic N) is 1. The molecule has 0 aromatic heterocycles. The van der Waals surface area contributed by atoms with E-state index in [2.05, 4.69) is 17.3 Å². The summed E-state index contributed by atoms with van der Waals surface area (Å²) in [4.78, 5) is 2.24. The zero-order valence-corrected chi connectivity index (χ0v) is 10.3. The van der Waals surface area contributed by atoms with Gasteiger partial charge in [-0.2, -0.15) is 0 Å². The number of phenols is 2. The highest BCUT2D eigenvalue weighted by molar-refractivity contribution is 5.40. The molecule has 1 saturated heterocycles. The normalized spacial score (nSPS) is 21.9. The third-order valence-corrected chi connectivity index (χ3v) is 3.68. The predicted molar refractivity (Wildman–Crippen MR) is 67.2 cm³/mol. The van der Waals surface area contributed by atoms with Gasteiger partial charge in [0.1, 0.15) is 11.5 Å². The van der Waals surface area contributed by atoms with E-state index in [9.17, 15) is 10.2 Å². The number of hydrogen-bond acceptors (Lipinski definition) is 4. The van der Waals surface area contributed by atoms with E-state index in [1.807, 2.05) is 6.92 Å². The minimum Gasteiger partial charge on any atom is -0.508 e. The molecule has 94 valence electrons. The average Bonchev–Trinajstić information content (AvgIpc) is 2.84. The first-order valence-corrected chi connectivity index (χ1v) is 6.04. The fraction of sp³-hybridized carbons (Fsp3) is 0.538. The highest BCUT2D eigenvalue weighted by atomic mass is 16.3. The van der Waals surface area contributed by atoms with Crippen LogP contribution >= 0.6 is 0 Å². The topological polar surface area (TPSA) is 55.7 Å². The molecule has 0 saturated carbocycles. The predicted octanol–water partition coefficient (Wildman–Crippen LogP) is 1.45. The SMILES string of the molecule is CC(c1cc(O)ccc1O)N(C)C1CCNC1. The molecule has 0 spiro atoms. The van der Waals surface area contributed by atoms with Crippen molar-refractivity contribution in [2.75, 3.05) is 20.1 Å². The van der Waals surface area contributed by atoms with Crippen molar-refractivity contribution in [3.63, 3.8) is 0 Å². The Kier molecular flexibility index (Phi) is 3.54. The van der Waals surface area contributed by atoms with E-state index >= 15 is 0 Å². The van der Waals surface area contributed by atoms with Crippen LogP contribution in [-0.4, -0.2) is 41.3 Å². The first kappa shape index (κ1) is 12.2. The standard InChI is InChI=1S/C13H20N2O2/c1-9(15(2)10-5-6-14-8-10)12-7-11(16)3-4-13(12)17/h3-4,7,9-10,14,16-17H,5-6,8H2,1-2H3. The molecule has 3 N–H and O–H groups in total. The van der Waals surface area contributed by atoms with Crippen molar-refractivity contribution in [2.24, 2.45) is 0 Å². The molecule has 1 aromatic carbocycles. The van der Waals surface area contributed by atoms with Gasteiger partial charge in [0.2, 0.25) is 0 Å². The lowest BCUT2D eigenvalue weighted by atomic mass is 10.0. The van der Waals surface area contributed by atoms with Gasteiger partial charge in [0.25, 0.3) is 0 Å². The van der Waals surface area contributed by atoms with E-state index in [0.29, 0.717) is 6.04 Å². The van der Waals surface area contributed by atoms with Crippen LogP contribution in [0.3, 0.4) is 0 Å². The Morgan fingerprint density at radius 1 is 1.41 bits per heavy atom. The lowest BCUT2D eigenvalue weighted by Crippen LogP contribution is -2.35. The van der Waals surface area contributed by atoms with Crippen LogP contribution in [0.2, 0.25) is 0 Å². The van der Waals surface area contributed by atoms with Crippen LogP contribution < -0.4 is 5.32 Å². The van der Waals surface area contributed by atoms with E-state index in [4.69, 9.17) is 0 Å². The quantitative estimate of drug-likeness (QED) is 0.695. The maximum absolute atomic E-state index is 9.84. The monoisotopic (exact) mass is 236 g/mol. The molecule has 1 heterocycles. The number of nitrogens with one attached hydrogen (secondary N) is 1. The minimum absolute atomic E-state index is 0.0898. The maximum Gasteiger partial charge on any atom is 0.120 e. The summed E-state index contributed by atoms with van der Waals surface area (Å²) in [5.41, 5.74) is 0.777. The van der Waals surface area contributed by atoms with Crippen LogP contribution in [-0.2, 0) is 0 Å². The van der Waals surface area contributed by atoms with E-state index in [1.54, 1.807) is 12.1 Å². The summed E-state index contributed by atoms with van der Waals surface area (Å²) >= 11 is 0. The van der Waals surface area contributed by atoms with Crippen LogP contribution in [0.5, 0.6) is 11.5 Å². The number of phenolic OH excluding ortho intramolecular Hbond substituents is 2. The van der Waals surface area contributed by atoms with Crippen LogP contribution in [0, 0.1) is 0 Å². The van der Waals surface area contributed by atoms with Crippen LogP contribution in [0.1, 0.15) is 24.9 Å². The number of benzene rings is 1. The molecule has 1 aliphatic rings. The van der Waals surface area contributed by atoms with Gasteiger partial charge in [-0.05, 0) is 45.1 Å². The number of aromatic hydroxyl groups is 2. The zero-order valence-electron chi connectivity index (χ0n) is 10.3. The van der Waals surface area contributed by atoms with Crippen LogP contribution in [0.25, 0.3) is 0 Å². The Hall–Kier alpha value is -1.26. The fourth-order valence-electron chi connectivity index (χ4n) is 2.40. The number of likely N-dealkylation sites (N-methyl/N-ethyl adjacent to an activating group) is 1. The second-order valence-electron chi connectivity index (χ2n) is 4.73. The van der Waals surface area contributed by atoms with Gasteiger partial charge >= 0.3 is 0 Å². The van der Waals surface area contributed by atoms with Gasteiger partial charge in [-0.25, -0.2) is 0 Å². The summed E-state index contributed by atoms with van der Waals surface area (Å²) in [7, 11) is 2.06. The molecule has 4 nitrogen and oxygen atoms in total. The molecular formula is C13H20N2O2. The molecule has 2 unspecified atom stereocenters. The van der Waals surface area contributed by atoms with E-state index < -0.39 is 0 Å². The molecule has 0 bridgehead atoms. The second kappa shape index (κ2) is 4.94. The number of rotatable bonds is 3. The van der Waals surface area contributed by atoms with Crippen molar-refractivity contribution >= 4 is 0 Å². The first-order valence-electron chi connectivity index (χ1n) is 6.04. The molecule has 1 aliphatic heterocycles. The number of hydrogen-bond donors (Lipinski definition) is 3. The Morgan fingerprint density at radius 2 is 2.18 bits per heavy atom. The van der Waals surface area contributed by atoms with Crippen molar-refractivity contribution in [3.8, 4) is 11.5 Å². The van der Waals surface area contributed by atoms with Crippen molar-refractivity contribution < 1.29 is 10.2 Å². The molecular weight excluding hydrogens is 216 g/mol. The third kappa shape index (κ3) is 2.53. The van der Waals surface area contributed by atoms with Gasteiger partial charge < -0.3 is 15.5 Å². The Bertz CT molecular complexity index is 389. The molecule has 1 aromatic rings. The van der Waals surface area contributed by atoms with Gasteiger partial charge in [0.15, 0.2) is 0 Å². The molecule has 1 fully saturated rings. The lowest BCUT2D eigenvalue weighted by molar-refractivity contribution is 0.193. The molecule has 0 radical (unpaired) electrons. The highest BCUT2D eigenvalue weighted by Crippen LogP contribution is 2.32. The fourth-order valence-corrected chi connectivity index (χ4v) is 2.40. The van der Waals surface area contributed by atoms with Crippen LogP contribution in [0.4, 0.5) is 0 Å². The minimum atomic E-state index is 0.0898. The van der Waals surface area contributed by atoms with Crippen molar-refractivity contribution in [1.82, 2.24) is 10.2 Å². The summed E-state index contributed by atoms with van der Waals surface area (Å²) < 4.78 is 0. The van der Waals surface area contributed by atoms with Gasteiger partial charge in [0.05, 0.1) is 0 Å². The van der Waals surface area contributed by atoms with Crippen molar-refractivity contribution in [2.45, 2.75) is 25.4 Å². The molecule has 17 heavy (non-hydrogen) atoms. The van der Waals surface area contributed by atoms with E-state index in [0.717, 1.165) is 25.1 Å². The summed E-state index contributed by atoms with van der Waals surface area (Å²) in [5, 5.41) is 22.7. The molecule has 4 heteroatoms. The summed E-state index contributed by atoms with van der Waals surface area (Å²) in [5.74, 6) is 0.440. The van der Waals surface area contributed by atoms with Crippen molar-refractivity contribution in [1.29, 1.82) is 0 Å². The van der Waals surface area contributed by atoms with Gasteiger partial charge in [-0.1, -0.05) is 0 Å². The first-order chi connectivity index (χ1) is 8.09.